The van der Waals surface area contributed by atoms with Gasteiger partial charge in [0.15, 0.2) is 5.13 Å². The summed E-state index contributed by atoms with van der Waals surface area (Å²) in [6.07, 6.45) is 7.08. The van der Waals surface area contributed by atoms with Crippen LogP contribution in [0.2, 0.25) is 0 Å². The highest BCUT2D eigenvalue weighted by atomic mass is 35.5. The fraction of sp³-hybridized carbons (Fsp3) is 0.350. The average molecular weight is 418 g/mol. The highest BCUT2D eigenvalue weighted by Crippen LogP contribution is 2.33. The highest BCUT2D eigenvalue weighted by molar-refractivity contribution is 7.16. The van der Waals surface area contributed by atoms with E-state index in [1.807, 2.05) is 20.2 Å². The van der Waals surface area contributed by atoms with Gasteiger partial charge in [-0.05, 0) is 50.4 Å². The maximum absolute atomic E-state index is 12.7. The molecule has 4 rings (SSSR count). The molecule has 1 aliphatic rings. The molecular formula is C20H24ClN5OS. The molecule has 0 radical (unpaired) electrons. The molecule has 0 bridgehead atoms. The number of nitrogens with one attached hydrogen (secondary N) is 2. The fourth-order valence-corrected chi connectivity index (χ4v) is 4.49. The van der Waals surface area contributed by atoms with Gasteiger partial charge in [0.05, 0.1) is 11.9 Å². The van der Waals surface area contributed by atoms with Crippen LogP contribution in [0.1, 0.15) is 34.0 Å². The second-order valence-electron chi connectivity index (χ2n) is 6.92. The van der Waals surface area contributed by atoms with Crippen molar-refractivity contribution in [1.82, 2.24) is 20.1 Å². The third-order valence-corrected chi connectivity index (χ3v) is 5.89. The summed E-state index contributed by atoms with van der Waals surface area (Å²) in [6.45, 7) is 2.05. The number of benzene rings is 1. The fourth-order valence-electron chi connectivity index (χ4n) is 3.65. The van der Waals surface area contributed by atoms with Crippen LogP contribution in [0.3, 0.4) is 0 Å². The van der Waals surface area contributed by atoms with Gasteiger partial charge < -0.3 is 10.6 Å². The molecule has 1 amide bonds. The Morgan fingerprint density at radius 2 is 2.07 bits per heavy atom. The molecule has 2 aromatic heterocycles. The molecule has 2 N–H and O–H groups in total. The number of aromatic nitrogens is 3. The average Bonchev–Trinajstić information content (AvgIpc) is 3.35. The van der Waals surface area contributed by atoms with Crippen LogP contribution in [0, 0.1) is 6.92 Å². The molecule has 28 heavy (non-hydrogen) atoms. The number of carbonyl (C=O) groups is 1. The Balaban J connectivity index is 0.00000225. The predicted octanol–water partition coefficient (Wildman–Crippen LogP) is 3.66. The van der Waals surface area contributed by atoms with Crippen molar-refractivity contribution in [3.63, 3.8) is 0 Å². The van der Waals surface area contributed by atoms with E-state index in [0.717, 1.165) is 28.1 Å². The molecule has 0 spiro atoms. The summed E-state index contributed by atoms with van der Waals surface area (Å²) in [4.78, 5) is 18.5. The molecule has 0 fully saturated rings. The van der Waals surface area contributed by atoms with E-state index in [-0.39, 0.29) is 18.3 Å². The van der Waals surface area contributed by atoms with Gasteiger partial charge in [0.2, 0.25) is 5.91 Å². The van der Waals surface area contributed by atoms with Gasteiger partial charge in [-0.25, -0.2) is 4.98 Å². The molecule has 1 atom stereocenters. The van der Waals surface area contributed by atoms with Crippen molar-refractivity contribution < 1.29 is 4.79 Å². The standard InChI is InChI=1S/C20H23N5OS.ClH/c1-12-17(15-8-7-13-5-4-6-14(13)9-15)23-20(27-12)24-19(26)18(21-2)16-10-22-25(3)11-16;/h7-11,18,21H,4-6H2,1-3H3,(H,23,24,26);1H. The van der Waals surface area contributed by atoms with Gasteiger partial charge in [0, 0.05) is 29.2 Å². The summed E-state index contributed by atoms with van der Waals surface area (Å²) < 4.78 is 1.69. The lowest BCUT2D eigenvalue weighted by Gasteiger charge is -2.13. The van der Waals surface area contributed by atoms with Crippen LogP contribution in [0.15, 0.2) is 30.6 Å². The first-order chi connectivity index (χ1) is 13.0. The molecule has 148 valence electrons. The first kappa shape index (κ1) is 20.5. The van der Waals surface area contributed by atoms with Gasteiger partial charge in [-0.3, -0.25) is 9.48 Å². The van der Waals surface area contributed by atoms with Crippen molar-refractivity contribution in [3.8, 4) is 11.3 Å². The summed E-state index contributed by atoms with van der Waals surface area (Å²) in [5.74, 6) is -0.139. The lowest BCUT2D eigenvalue weighted by Crippen LogP contribution is -2.30. The van der Waals surface area contributed by atoms with Gasteiger partial charge in [0.1, 0.15) is 6.04 Å². The first-order valence-corrected chi connectivity index (χ1v) is 9.93. The lowest BCUT2D eigenvalue weighted by atomic mass is 10.0. The van der Waals surface area contributed by atoms with E-state index >= 15 is 0 Å². The largest absolute Gasteiger partial charge is 0.305 e. The number of carbonyl (C=O) groups excluding carboxylic acids is 1. The topological polar surface area (TPSA) is 71.8 Å². The lowest BCUT2D eigenvalue weighted by molar-refractivity contribution is -0.118. The molecular weight excluding hydrogens is 394 g/mol. The van der Waals surface area contributed by atoms with Gasteiger partial charge in [-0.1, -0.05) is 12.1 Å². The van der Waals surface area contributed by atoms with Crippen LogP contribution in [0.5, 0.6) is 0 Å². The monoisotopic (exact) mass is 417 g/mol. The molecule has 0 aliphatic heterocycles. The third kappa shape index (κ3) is 3.97. The molecule has 0 saturated heterocycles. The second kappa shape index (κ2) is 8.43. The second-order valence-corrected chi connectivity index (χ2v) is 8.12. The van der Waals surface area contributed by atoms with Crippen LogP contribution in [-0.4, -0.2) is 27.7 Å². The van der Waals surface area contributed by atoms with Crippen LogP contribution >= 0.6 is 23.7 Å². The van der Waals surface area contributed by atoms with E-state index in [1.54, 1.807) is 17.9 Å². The normalized spacial score (nSPS) is 13.7. The first-order valence-electron chi connectivity index (χ1n) is 9.11. The van der Waals surface area contributed by atoms with Crippen LogP contribution in [0.25, 0.3) is 11.3 Å². The van der Waals surface area contributed by atoms with Crippen molar-refractivity contribution in [2.24, 2.45) is 7.05 Å². The quantitative estimate of drug-likeness (QED) is 0.664. The molecule has 1 aliphatic carbocycles. The Hall–Kier alpha value is -2.22. The number of fused-ring (bicyclic) bond motifs is 1. The number of thiazole rings is 1. The van der Waals surface area contributed by atoms with Gasteiger partial charge in [-0.2, -0.15) is 5.10 Å². The summed E-state index contributed by atoms with van der Waals surface area (Å²) in [6, 6.07) is 6.14. The van der Waals surface area contributed by atoms with Gasteiger partial charge in [-0.15, -0.1) is 23.7 Å². The van der Waals surface area contributed by atoms with E-state index in [2.05, 4.69) is 33.9 Å². The zero-order chi connectivity index (χ0) is 19.0. The Labute approximate surface area is 174 Å². The predicted molar refractivity (Wildman–Crippen MR) is 115 cm³/mol. The SMILES string of the molecule is CNC(C(=O)Nc1nc(-c2ccc3c(c2)CCC3)c(C)s1)c1cnn(C)c1.Cl. The Morgan fingerprint density at radius 3 is 2.79 bits per heavy atom. The van der Waals surface area contributed by atoms with E-state index in [1.165, 1.54) is 35.3 Å². The molecule has 1 aromatic carbocycles. The summed E-state index contributed by atoms with van der Waals surface area (Å²) in [7, 11) is 3.60. The van der Waals surface area contributed by atoms with E-state index < -0.39 is 6.04 Å². The van der Waals surface area contributed by atoms with Crippen molar-refractivity contribution in [2.45, 2.75) is 32.2 Å². The van der Waals surface area contributed by atoms with Crippen LogP contribution in [-0.2, 0) is 24.7 Å². The summed E-state index contributed by atoms with van der Waals surface area (Å²) >= 11 is 1.51. The Morgan fingerprint density at radius 1 is 1.29 bits per heavy atom. The molecule has 1 unspecified atom stereocenters. The third-order valence-electron chi connectivity index (χ3n) is 5.01. The van der Waals surface area contributed by atoms with E-state index in [0.29, 0.717) is 5.13 Å². The number of likely N-dealkylation sites (N-methyl/N-ethyl adjacent to an activating group) is 1. The minimum absolute atomic E-state index is 0. The highest BCUT2D eigenvalue weighted by Gasteiger charge is 2.22. The smallest absolute Gasteiger partial charge is 0.247 e. The Bertz CT molecular complexity index is 996. The number of halogens is 1. The molecule has 8 heteroatoms. The van der Waals surface area contributed by atoms with E-state index in [4.69, 9.17) is 4.98 Å². The summed E-state index contributed by atoms with van der Waals surface area (Å²) in [5.41, 5.74) is 5.78. The molecule has 3 aromatic rings. The van der Waals surface area contributed by atoms with Crippen molar-refractivity contribution in [3.05, 3.63) is 52.2 Å². The Kier molecular flexibility index (Phi) is 6.17. The number of nitrogens with zero attached hydrogens (tertiary/aromatic N) is 3. The van der Waals surface area contributed by atoms with Gasteiger partial charge in [0.25, 0.3) is 0 Å². The maximum Gasteiger partial charge on any atom is 0.247 e. The maximum atomic E-state index is 12.7. The number of hydrogen-bond donors (Lipinski definition) is 2. The van der Waals surface area contributed by atoms with Crippen molar-refractivity contribution in [1.29, 1.82) is 0 Å². The number of hydrogen-bond acceptors (Lipinski definition) is 5. The number of aryl methyl sites for hydroxylation is 4. The van der Waals surface area contributed by atoms with Gasteiger partial charge >= 0.3 is 0 Å². The van der Waals surface area contributed by atoms with Crippen molar-refractivity contribution in [2.75, 3.05) is 12.4 Å². The van der Waals surface area contributed by atoms with E-state index in [9.17, 15) is 4.79 Å². The summed E-state index contributed by atoms with van der Waals surface area (Å²) in [5, 5.41) is 10.8. The molecule has 0 saturated carbocycles. The zero-order valence-corrected chi connectivity index (χ0v) is 17.8. The van der Waals surface area contributed by atoms with Crippen LogP contribution in [0.4, 0.5) is 5.13 Å². The van der Waals surface area contributed by atoms with Crippen molar-refractivity contribution >= 4 is 34.8 Å². The minimum atomic E-state index is -0.466. The molecule has 2 heterocycles. The zero-order valence-electron chi connectivity index (χ0n) is 16.2. The number of anilines is 1. The van der Waals surface area contributed by atoms with Crippen LogP contribution < -0.4 is 10.6 Å². The molecule has 6 nitrogen and oxygen atoms in total. The number of amides is 1. The minimum Gasteiger partial charge on any atom is -0.305 e. The number of rotatable bonds is 5.